The summed E-state index contributed by atoms with van der Waals surface area (Å²) in [5.74, 6) is 0. The van der Waals surface area contributed by atoms with E-state index in [2.05, 4.69) is 70.2 Å². The molecule has 1 aliphatic heterocycles. The van der Waals surface area contributed by atoms with Gasteiger partial charge in [-0.15, -0.1) is 0 Å². The van der Waals surface area contributed by atoms with E-state index in [0.29, 0.717) is 12.1 Å². The van der Waals surface area contributed by atoms with Crippen LogP contribution in [0.15, 0.2) is 66.9 Å². The van der Waals surface area contributed by atoms with Gasteiger partial charge in [0.25, 0.3) is 0 Å². The normalized spacial score (nSPS) is 21.0. The summed E-state index contributed by atoms with van der Waals surface area (Å²) in [6.45, 7) is 1.94. The first-order chi connectivity index (χ1) is 11.9. The van der Waals surface area contributed by atoms with Gasteiger partial charge < -0.3 is 10.6 Å². The lowest BCUT2D eigenvalue weighted by Crippen LogP contribution is -2.45. The molecule has 0 radical (unpaired) electrons. The van der Waals surface area contributed by atoms with Gasteiger partial charge in [0, 0.05) is 30.2 Å². The second kappa shape index (κ2) is 7.12. The molecule has 1 aromatic heterocycles. The van der Waals surface area contributed by atoms with Crippen LogP contribution in [0.25, 0.3) is 10.9 Å². The summed E-state index contributed by atoms with van der Waals surface area (Å²) >= 11 is 0. The number of aromatic nitrogens is 1. The number of benzene rings is 2. The molecule has 0 amide bonds. The summed E-state index contributed by atoms with van der Waals surface area (Å²) in [5, 5.41) is 8.66. The van der Waals surface area contributed by atoms with Crippen LogP contribution in [-0.4, -0.2) is 17.6 Å². The van der Waals surface area contributed by atoms with Crippen LogP contribution in [-0.2, 0) is 6.54 Å². The molecule has 1 fully saturated rings. The summed E-state index contributed by atoms with van der Waals surface area (Å²) in [6, 6.07) is 22.1. The standard InChI is InChI=1S/C21H23N3/c1-2-7-17(8-3-1)21-19(12-6-14-23-21)24-15-18-10-4-9-16-11-5-13-22-20(16)18/h1-5,7-11,13,19,21,23-24H,6,12,14-15H2. The molecular weight excluding hydrogens is 294 g/mol. The van der Waals surface area contributed by atoms with Crippen molar-refractivity contribution in [3.05, 3.63) is 78.0 Å². The first-order valence-electron chi connectivity index (χ1n) is 8.76. The lowest BCUT2D eigenvalue weighted by molar-refractivity contribution is 0.305. The topological polar surface area (TPSA) is 37.0 Å². The van der Waals surface area contributed by atoms with Crippen molar-refractivity contribution in [2.24, 2.45) is 0 Å². The monoisotopic (exact) mass is 317 g/mol. The predicted octanol–water partition coefficient (Wildman–Crippen LogP) is 3.82. The maximum atomic E-state index is 4.57. The molecule has 2 N–H and O–H groups in total. The molecule has 122 valence electrons. The highest BCUT2D eigenvalue weighted by Crippen LogP contribution is 2.24. The van der Waals surface area contributed by atoms with Crippen LogP contribution in [0.1, 0.15) is 30.0 Å². The lowest BCUT2D eigenvalue weighted by Gasteiger charge is -2.34. The number of rotatable bonds is 4. The van der Waals surface area contributed by atoms with Crippen molar-refractivity contribution >= 4 is 10.9 Å². The Morgan fingerprint density at radius 1 is 1.00 bits per heavy atom. The van der Waals surface area contributed by atoms with Gasteiger partial charge in [0.15, 0.2) is 0 Å². The fourth-order valence-corrected chi connectivity index (χ4v) is 3.67. The Balaban J connectivity index is 1.53. The third-order valence-corrected chi connectivity index (χ3v) is 4.89. The van der Waals surface area contributed by atoms with Crippen LogP contribution in [0.3, 0.4) is 0 Å². The van der Waals surface area contributed by atoms with Gasteiger partial charge in [0.1, 0.15) is 0 Å². The van der Waals surface area contributed by atoms with Crippen LogP contribution in [0, 0.1) is 0 Å². The zero-order valence-electron chi connectivity index (χ0n) is 13.8. The molecule has 2 unspecified atom stereocenters. The summed E-state index contributed by atoms with van der Waals surface area (Å²) in [4.78, 5) is 4.57. The van der Waals surface area contributed by atoms with E-state index in [4.69, 9.17) is 0 Å². The lowest BCUT2D eigenvalue weighted by atomic mass is 9.92. The van der Waals surface area contributed by atoms with Gasteiger partial charge in [-0.1, -0.05) is 54.6 Å². The molecule has 1 saturated heterocycles. The van der Waals surface area contributed by atoms with Crippen LogP contribution >= 0.6 is 0 Å². The summed E-state index contributed by atoms with van der Waals surface area (Å²) in [7, 11) is 0. The van der Waals surface area contributed by atoms with Crippen molar-refractivity contribution in [1.29, 1.82) is 0 Å². The fourth-order valence-electron chi connectivity index (χ4n) is 3.67. The predicted molar refractivity (Wildman–Crippen MR) is 98.8 cm³/mol. The van der Waals surface area contributed by atoms with E-state index in [1.165, 1.54) is 29.4 Å². The van der Waals surface area contributed by atoms with Crippen molar-refractivity contribution in [2.75, 3.05) is 6.54 Å². The van der Waals surface area contributed by atoms with Gasteiger partial charge in [0.2, 0.25) is 0 Å². The van der Waals surface area contributed by atoms with Crippen LogP contribution in [0.5, 0.6) is 0 Å². The Kier molecular flexibility index (Phi) is 4.54. The Hall–Kier alpha value is -2.23. The number of pyridine rings is 1. The smallest absolute Gasteiger partial charge is 0.0746 e. The molecule has 0 saturated carbocycles. The van der Waals surface area contributed by atoms with Crippen molar-refractivity contribution in [3.63, 3.8) is 0 Å². The van der Waals surface area contributed by atoms with E-state index in [-0.39, 0.29) is 0 Å². The van der Waals surface area contributed by atoms with Gasteiger partial charge >= 0.3 is 0 Å². The highest BCUT2D eigenvalue weighted by Gasteiger charge is 2.25. The van der Waals surface area contributed by atoms with Gasteiger partial charge in [-0.05, 0) is 36.6 Å². The van der Waals surface area contributed by atoms with E-state index in [1.807, 2.05) is 12.3 Å². The quantitative estimate of drug-likeness (QED) is 0.768. The van der Waals surface area contributed by atoms with Gasteiger partial charge in [-0.2, -0.15) is 0 Å². The van der Waals surface area contributed by atoms with Crippen LogP contribution in [0.4, 0.5) is 0 Å². The molecular formula is C21H23N3. The van der Waals surface area contributed by atoms with Crippen LogP contribution in [0.2, 0.25) is 0 Å². The second-order valence-electron chi connectivity index (χ2n) is 6.46. The summed E-state index contributed by atoms with van der Waals surface area (Å²) < 4.78 is 0. The number of nitrogens with one attached hydrogen (secondary N) is 2. The average molecular weight is 317 g/mol. The summed E-state index contributed by atoms with van der Waals surface area (Å²) in [6.07, 6.45) is 4.29. The number of fused-ring (bicyclic) bond motifs is 1. The molecule has 0 aliphatic carbocycles. The summed E-state index contributed by atoms with van der Waals surface area (Å²) in [5.41, 5.74) is 3.74. The highest BCUT2D eigenvalue weighted by atomic mass is 15.0. The molecule has 3 heteroatoms. The Labute approximate surface area is 143 Å². The molecule has 1 aliphatic rings. The average Bonchev–Trinajstić information content (AvgIpc) is 2.67. The third-order valence-electron chi connectivity index (χ3n) is 4.89. The number of hydrogen-bond acceptors (Lipinski definition) is 3. The molecule has 4 rings (SSSR count). The molecule has 0 spiro atoms. The first-order valence-corrected chi connectivity index (χ1v) is 8.76. The zero-order valence-corrected chi connectivity index (χ0v) is 13.8. The van der Waals surface area contributed by atoms with E-state index in [9.17, 15) is 0 Å². The van der Waals surface area contributed by atoms with Crippen molar-refractivity contribution < 1.29 is 0 Å². The maximum absolute atomic E-state index is 4.57. The Bertz CT molecular complexity index is 795. The van der Waals surface area contributed by atoms with Crippen molar-refractivity contribution in [2.45, 2.75) is 31.5 Å². The largest absolute Gasteiger partial charge is 0.309 e. The minimum atomic E-state index is 0.378. The second-order valence-corrected chi connectivity index (χ2v) is 6.46. The minimum absolute atomic E-state index is 0.378. The minimum Gasteiger partial charge on any atom is -0.309 e. The highest BCUT2D eigenvalue weighted by molar-refractivity contribution is 5.81. The molecule has 24 heavy (non-hydrogen) atoms. The molecule has 3 nitrogen and oxygen atoms in total. The number of nitrogens with zero attached hydrogens (tertiary/aromatic N) is 1. The maximum Gasteiger partial charge on any atom is 0.0746 e. The van der Waals surface area contributed by atoms with Gasteiger partial charge in [0.05, 0.1) is 5.52 Å². The third kappa shape index (κ3) is 3.18. The number of para-hydroxylation sites is 1. The SMILES string of the molecule is c1ccc(C2NCCCC2NCc2cccc3cccnc23)cc1. The van der Waals surface area contributed by atoms with Crippen molar-refractivity contribution in [3.8, 4) is 0 Å². The van der Waals surface area contributed by atoms with Crippen LogP contribution < -0.4 is 10.6 Å². The Morgan fingerprint density at radius 3 is 2.79 bits per heavy atom. The zero-order chi connectivity index (χ0) is 16.2. The molecule has 2 heterocycles. The van der Waals surface area contributed by atoms with E-state index >= 15 is 0 Å². The van der Waals surface area contributed by atoms with Crippen molar-refractivity contribution in [1.82, 2.24) is 15.6 Å². The molecule has 3 aromatic rings. The Morgan fingerprint density at radius 2 is 1.88 bits per heavy atom. The van der Waals surface area contributed by atoms with E-state index < -0.39 is 0 Å². The number of hydrogen-bond donors (Lipinski definition) is 2. The first kappa shape index (κ1) is 15.3. The molecule has 2 atom stereocenters. The van der Waals surface area contributed by atoms with Gasteiger partial charge in [-0.3, -0.25) is 4.98 Å². The van der Waals surface area contributed by atoms with E-state index in [0.717, 1.165) is 18.6 Å². The molecule has 2 aromatic carbocycles. The number of piperidine rings is 1. The van der Waals surface area contributed by atoms with E-state index in [1.54, 1.807) is 0 Å². The molecule has 0 bridgehead atoms. The van der Waals surface area contributed by atoms with Gasteiger partial charge in [-0.25, -0.2) is 0 Å². The fraction of sp³-hybridized carbons (Fsp3) is 0.286.